The molecule has 0 aliphatic carbocycles. The van der Waals surface area contributed by atoms with Crippen molar-refractivity contribution in [1.82, 2.24) is 24.7 Å². The second kappa shape index (κ2) is 8.75. The summed E-state index contributed by atoms with van der Waals surface area (Å²) >= 11 is 0. The molecule has 176 valence electrons. The van der Waals surface area contributed by atoms with E-state index >= 15 is 0 Å². The highest BCUT2D eigenvalue weighted by Gasteiger charge is 2.29. The maximum absolute atomic E-state index is 13.6. The number of benzene rings is 1. The minimum Gasteiger partial charge on any atom is -0.319 e. The highest BCUT2D eigenvalue weighted by atomic mass is 19.1. The molecule has 0 aliphatic rings. The molecule has 1 atom stereocenters. The Balaban J connectivity index is 1.85. The molecule has 0 bridgehead atoms. The van der Waals surface area contributed by atoms with Crippen molar-refractivity contribution >= 4 is 11.6 Å². The maximum Gasteiger partial charge on any atom is 0.428 e. The molecule has 4 heterocycles. The van der Waals surface area contributed by atoms with Crippen molar-refractivity contribution in [2.45, 2.75) is 33.2 Å². The number of rotatable bonds is 5. The zero-order chi connectivity index (χ0) is 24.7. The van der Waals surface area contributed by atoms with Gasteiger partial charge in [0.15, 0.2) is 0 Å². The third-order valence-corrected chi connectivity index (χ3v) is 5.98. The Labute approximate surface area is 200 Å². The molecule has 0 saturated heterocycles. The number of hydrogen-bond donors (Lipinski definition) is 2. The quantitative estimate of drug-likeness (QED) is 0.380. The first-order chi connectivity index (χ1) is 16.9. The number of fused-ring (bicyclic) bond motifs is 1. The molecule has 35 heavy (non-hydrogen) atoms. The Hall–Kier alpha value is -4.40. The molecule has 5 rings (SSSR count). The number of nitrogens with two attached hydrogens (primary N) is 1. The van der Waals surface area contributed by atoms with Gasteiger partial charge >= 0.3 is 11.6 Å². The molecule has 9 heteroatoms. The van der Waals surface area contributed by atoms with Crippen molar-refractivity contribution in [1.29, 1.82) is 0 Å². The zero-order valence-electron chi connectivity index (χ0n) is 19.7. The SMILES string of the molecule is CCC(c1ccc(F)cn1)n1[nH]c2c(-c3cc(C)nc(C)c3)c(-c3ccccc3)nc(N)[n+]2c1=O. The first kappa shape index (κ1) is 22.4. The summed E-state index contributed by atoms with van der Waals surface area (Å²) in [4.78, 5) is 27.0. The number of halogens is 1. The summed E-state index contributed by atoms with van der Waals surface area (Å²) in [7, 11) is 0. The normalized spacial score (nSPS) is 12.2. The summed E-state index contributed by atoms with van der Waals surface area (Å²) in [6.45, 7) is 5.79. The van der Waals surface area contributed by atoms with Crippen LogP contribution >= 0.6 is 0 Å². The lowest BCUT2D eigenvalue weighted by Gasteiger charge is -2.11. The van der Waals surface area contributed by atoms with E-state index in [0.29, 0.717) is 23.5 Å². The van der Waals surface area contributed by atoms with Crippen molar-refractivity contribution in [2.75, 3.05) is 5.73 Å². The summed E-state index contributed by atoms with van der Waals surface area (Å²) in [5.74, 6) is -0.374. The van der Waals surface area contributed by atoms with Crippen LogP contribution in [0.5, 0.6) is 0 Å². The summed E-state index contributed by atoms with van der Waals surface area (Å²) in [6, 6.07) is 16.1. The van der Waals surface area contributed by atoms with Gasteiger partial charge in [0.25, 0.3) is 0 Å². The second-order valence-corrected chi connectivity index (χ2v) is 8.47. The van der Waals surface area contributed by atoms with Crippen molar-refractivity contribution in [3.8, 4) is 22.4 Å². The number of nitrogens with zero attached hydrogens (tertiary/aromatic N) is 5. The number of aromatic amines is 1. The summed E-state index contributed by atoms with van der Waals surface area (Å²) in [5.41, 5.74) is 11.8. The predicted octanol–water partition coefficient (Wildman–Crippen LogP) is 3.77. The lowest BCUT2D eigenvalue weighted by molar-refractivity contribution is -0.517. The average molecular weight is 471 g/mol. The number of hydrogen-bond acceptors (Lipinski definition) is 5. The van der Waals surface area contributed by atoms with E-state index in [4.69, 9.17) is 5.73 Å². The van der Waals surface area contributed by atoms with Crippen LogP contribution in [0, 0.1) is 19.7 Å². The van der Waals surface area contributed by atoms with Crippen molar-refractivity contribution in [2.24, 2.45) is 0 Å². The number of pyridine rings is 2. The maximum atomic E-state index is 13.6. The van der Waals surface area contributed by atoms with Crippen LogP contribution in [0.25, 0.3) is 28.0 Å². The van der Waals surface area contributed by atoms with Gasteiger partial charge in [-0.25, -0.2) is 14.3 Å². The van der Waals surface area contributed by atoms with E-state index in [9.17, 15) is 9.18 Å². The van der Waals surface area contributed by atoms with Crippen LogP contribution in [0.4, 0.5) is 10.3 Å². The molecule has 0 fully saturated rings. The molecule has 0 radical (unpaired) electrons. The van der Waals surface area contributed by atoms with E-state index in [2.05, 4.69) is 20.1 Å². The highest BCUT2D eigenvalue weighted by Crippen LogP contribution is 2.33. The third kappa shape index (κ3) is 3.95. The van der Waals surface area contributed by atoms with Crippen molar-refractivity contribution < 1.29 is 8.79 Å². The van der Waals surface area contributed by atoms with Gasteiger partial charge in [0.05, 0.1) is 17.5 Å². The van der Waals surface area contributed by atoms with E-state index < -0.39 is 11.9 Å². The fourth-order valence-corrected chi connectivity index (χ4v) is 4.50. The summed E-state index contributed by atoms with van der Waals surface area (Å²) in [5, 5.41) is 3.28. The Kier molecular flexibility index (Phi) is 5.60. The molecule has 0 saturated carbocycles. The molecule has 1 unspecified atom stereocenters. The molecule has 1 aromatic carbocycles. The Morgan fingerprint density at radius 1 is 1.06 bits per heavy atom. The lowest BCUT2D eigenvalue weighted by Crippen LogP contribution is -2.45. The van der Waals surface area contributed by atoms with Crippen LogP contribution < -0.4 is 15.8 Å². The standard InChI is InChI=1S/C26H24FN7O/c1-4-21(20-11-10-19(27)14-29-20)34-26(35)33-24(32-34)22(18-12-15(2)30-16(3)13-18)23(31-25(33)28)17-8-6-5-7-9-17/h5-14,21H,4H2,1-3H3,(H2,28,30,31,32)/p+1. The van der Waals surface area contributed by atoms with E-state index in [1.807, 2.05) is 63.2 Å². The molecular formula is C26H25FN7O+. The summed E-state index contributed by atoms with van der Waals surface area (Å²) in [6.07, 6.45) is 1.70. The third-order valence-electron chi connectivity index (χ3n) is 5.98. The fourth-order valence-electron chi connectivity index (χ4n) is 4.50. The zero-order valence-corrected chi connectivity index (χ0v) is 19.7. The molecule has 8 nitrogen and oxygen atoms in total. The van der Waals surface area contributed by atoms with Gasteiger partial charge in [-0.1, -0.05) is 37.3 Å². The first-order valence-corrected chi connectivity index (χ1v) is 11.4. The van der Waals surface area contributed by atoms with Gasteiger partial charge in [0, 0.05) is 17.0 Å². The van der Waals surface area contributed by atoms with Crippen LogP contribution in [0.1, 0.15) is 36.5 Å². The Bertz CT molecular complexity index is 1570. The average Bonchev–Trinajstić information content (AvgIpc) is 3.18. The molecule has 5 aromatic rings. The number of nitrogen functional groups attached to an aromatic ring is 1. The van der Waals surface area contributed by atoms with Gasteiger partial charge in [0.1, 0.15) is 17.6 Å². The molecule has 0 spiro atoms. The molecule has 0 amide bonds. The number of anilines is 1. The van der Waals surface area contributed by atoms with Crippen LogP contribution in [0.3, 0.4) is 0 Å². The topological polar surface area (TPSA) is 107 Å². The van der Waals surface area contributed by atoms with Gasteiger partial charge in [-0.15, -0.1) is 9.38 Å². The monoisotopic (exact) mass is 470 g/mol. The van der Waals surface area contributed by atoms with E-state index in [0.717, 1.165) is 34.3 Å². The van der Waals surface area contributed by atoms with Gasteiger partial charge < -0.3 is 5.73 Å². The molecule has 0 aliphatic heterocycles. The predicted molar refractivity (Wildman–Crippen MR) is 131 cm³/mol. The van der Waals surface area contributed by atoms with Crippen LogP contribution in [-0.2, 0) is 0 Å². The summed E-state index contributed by atoms with van der Waals surface area (Å²) < 4.78 is 16.3. The number of H-pyrrole nitrogens is 1. The minimum absolute atomic E-state index is 0.0621. The van der Waals surface area contributed by atoms with Gasteiger partial charge in [0.2, 0.25) is 5.65 Å². The van der Waals surface area contributed by atoms with Crippen molar-refractivity contribution in [3.63, 3.8) is 0 Å². The Morgan fingerprint density at radius 2 is 1.77 bits per heavy atom. The largest absolute Gasteiger partial charge is 0.428 e. The number of nitrogens with one attached hydrogen (secondary N) is 1. The molecular weight excluding hydrogens is 445 g/mol. The smallest absolute Gasteiger partial charge is 0.319 e. The number of aromatic nitrogens is 6. The van der Waals surface area contributed by atoms with Crippen LogP contribution in [0.15, 0.2) is 65.6 Å². The highest BCUT2D eigenvalue weighted by molar-refractivity contribution is 5.88. The van der Waals surface area contributed by atoms with E-state index in [1.165, 1.54) is 15.1 Å². The van der Waals surface area contributed by atoms with E-state index in [-0.39, 0.29) is 11.6 Å². The number of aryl methyl sites for hydroxylation is 2. The minimum atomic E-state index is -0.448. The van der Waals surface area contributed by atoms with Crippen LogP contribution in [-0.4, -0.2) is 24.7 Å². The first-order valence-electron chi connectivity index (χ1n) is 11.4. The van der Waals surface area contributed by atoms with Crippen molar-refractivity contribution in [3.05, 3.63) is 94.2 Å². The lowest BCUT2D eigenvalue weighted by atomic mass is 9.99. The van der Waals surface area contributed by atoms with Gasteiger partial charge in [-0.3, -0.25) is 9.97 Å². The van der Waals surface area contributed by atoms with Crippen LogP contribution in [0.2, 0.25) is 0 Å². The Morgan fingerprint density at radius 3 is 2.40 bits per heavy atom. The fraction of sp³-hybridized carbons (Fsp3) is 0.192. The van der Waals surface area contributed by atoms with Gasteiger partial charge in [-0.2, -0.15) is 4.68 Å². The second-order valence-electron chi connectivity index (χ2n) is 8.47. The van der Waals surface area contributed by atoms with E-state index in [1.54, 1.807) is 6.07 Å². The van der Waals surface area contributed by atoms with Gasteiger partial charge in [-0.05, 0) is 50.1 Å². The molecule has 3 N–H and O–H groups in total. The molecule has 4 aromatic heterocycles.